The van der Waals surface area contributed by atoms with Crippen molar-refractivity contribution in [3.8, 4) is 0 Å². The third-order valence-electron chi connectivity index (χ3n) is 4.56. The molecule has 0 bridgehead atoms. The molecular weight excluding hydrogens is 256 g/mol. The Bertz CT molecular complexity index is 544. The van der Waals surface area contributed by atoms with Gasteiger partial charge in [0, 0.05) is 30.7 Å². The zero-order valence-corrected chi connectivity index (χ0v) is 11.8. The molecule has 1 aromatic carbocycles. The molecule has 3 rings (SSSR count). The number of esters is 1. The third-order valence-corrected chi connectivity index (χ3v) is 4.56. The van der Waals surface area contributed by atoms with E-state index in [1.807, 2.05) is 26.1 Å². The van der Waals surface area contributed by atoms with E-state index in [0.29, 0.717) is 12.2 Å². The highest BCUT2D eigenvalue weighted by Crippen LogP contribution is 2.32. The molecule has 0 amide bonds. The first kappa shape index (κ1) is 13.5. The number of piperazine rings is 1. The minimum Gasteiger partial charge on any atom is -0.457 e. The van der Waals surface area contributed by atoms with Crippen molar-refractivity contribution in [2.45, 2.75) is 25.6 Å². The number of hydrogen-bond acceptors (Lipinski definition) is 5. The zero-order chi connectivity index (χ0) is 14.3. The number of aliphatic hydroxyl groups is 1. The van der Waals surface area contributed by atoms with Gasteiger partial charge >= 0.3 is 5.97 Å². The molecule has 2 aliphatic rings. The van der Waals surface area contributed by atoms with E-state index in [9.17, 15) is 9.90 Å². The average molecular weight is 276 g/mol. The molecule has 108 valence electrons. The summed E-state index contributed by atoms with van der Waals surface area (Å²) < 4.78 is 5.11. The molecule has 2 aliphatic heterocycles. The molecule has 2 N–H and O–H groups in total. The molecule has 0 aliphatic carbocycles. The number of benzene rings is 1. The highest BCUT2D eigenvalue weighted by atomic mass is 16.5. The summed E-state index contributed by atoms with van der Waals surface area (Å²) in [6, 6.07) is 4.22. The molecule has 5 heteroatoms. The summed E-state index contributed by atoms with van der Waals surface area (Å²) >= 11 is 0. The number of carbonyl (C=O) groups excluding carboxylic acids is 1. The number of carbonyl (C=O) groups is 1. The van der Waals surface area contributed by atoms with E-state index in [1.165, 1.54) is 5.56 Å². The lowest BCUT2D eigenvalue weighted by Crippen LogP contribution is -2.52. The van der Waals surface area contributed by atoms with E-state index in [0.717, 1.165) is 24.2 Å². The van der Waals surface area contributed by atoms with Crippen molar-refractivity contribution in [3.63, 3.8) is 0 Å². The Hall–Kier alpha value is -1.43. The number of nitrogens with zero attached hydrogens (tertiary/aromatic N) is 1. The van der Waals surface area contributed by atoms with Crippen LogP contribution in [0.1, 0.15) is 33.1 Å². The van der Waals surface area contributed by atoms with Gasteiger partial charge in [0.25, 0.3) is 0 Å². The van der Waals surface area contributed by atoms with Crippen molar-refractivity contribution in [3.05, 3.63) is 34.4 Å². The van der Waals surface area contributed by atoms with Gasteiger partial charge < -0.3 is 15.2 Å². The number of rotatable bonds is 2. The zero-order valence-electron chi connectivity index (χ0n) is 11.8. The lowest BCUT2D eigenvalue weighted by Gasteiger charge is -2.40. The van der Waals surface area contributed by atoms with Crippen LogP contribution in [0.15, 0.2) is 12.1 Å². The summed E-state index contributed by atoms with van der Waals surface area (Å²) in [5, 5.41) is 12.8. The Balaban J connectivity index is 1.97. The van der Waals surface area contributed by atoms with Crippen molar-refractivity contribution in [1.82, 2.24) is 10.2 Å². The van der Waals surface area contributed by atoms with Crippen LogP contribution in [-0.2, 0) is 11.3 Å². The molecule has 0 radical (unpaired) electrons. The normalized spacial score (nSPS) is 26.4. The summed E-state index contributed by atoms with van der Waals surface area (Å²) in [5.41, 5.74) is 4.03. The topological polar surface area (TPSA) is 61.8 Å². The number of fused-ring (bicyclic) bond motifs is 1. The van der Waals surface area contributed by atoms with Crippen molar-refractivity contribution < 1.29 is 14.6 Å². The summed E-state index contributed by atoms with van der Waals surface area (Å²) in [5.74, 6) is -0.224. The second kappa shape index (κ2) is 5.16. The maximum absolute atomic E-state index is 11.6. The molecule has 1 aromatic rings. The largest absolute Gasteiger partial charge is 0.457 e. The van der Waals surface area contributed by atoms with Crippen LogP contribution >= 0.6 is 0 Å². The van der Waals surface area contributed by atoms with E-state index in [4.69, 9.17) is 4.74 Å². The van der Waals surface area contributed by atoms with Crippen molar-refractivity contribution in [2.75, 3.05) is 26.7 Å². The number of aliphatic hydroxyl groups excluding tert-OH is 1. The van der Waals surface area contributed by atoms with Gasteiger partial charge in [0.2, 0.25) is 0 Å². The first-order chi connectivity index (χ1) is 9.63. The Labute approximate surface area is 118 Å². The van der Waals surface area contributed by atoms with E-state index >= 15 is 0 Å². The van der Waals surface area contributed by atoms with Crippen LogP contribution in [0.25, 0.3) is 0 Å². The Kier molecular flexibility index (Phi) is 3.50. The minimum atomic E-state index is -0.224. The monoisotopic (exact) mass is 276 g/mol. The Morgan fingerprint density at radius 3 is 3.00 bits per heavy atom. The minimum absolute atomic E-state index is 0.124. The molecule has 0 saturated carbocycles. The van der Waals surface area contributed by atoms with Gasteiger partial charge in [0.05, 0.1) is 12.2 Å². The van der Waals surface area contributed by atoms with Crippen LogP contribution in [0.2, 0.25) is 0 Å². The van der Waals surface area contributed by atoms with E-state index in [-0.39, 0.29) is 24.7 Å². The van der Waals surface area contributed by atoms with Gasteiger partial charge in [-0.25, -0.2) is 4.79 Å². The van der Waals surface area contributed by atoms with Crippen molar-refractivity contribution >= 4 is 5.97 Å². The second-order valence-electron chi connectivity index (χ2n) is 5.56. The van der Waals surface area contributed by atoms with Gasteiger partial charge in [-0.2, -0.15) is 0 Å². The van der Waals surface area contributed by atoms with Gasteiger partial charge in [0.15, 0.2) is 0 Å². The molecule has 1 fully saturated rings. The molecule has 0 unspecified atom stereocenters. The predicted molar refractivity (Wildman–Crippen MR) is 74.5 cm³/mol. The highest BCUT2D eigenvalue weighted by Gasteiger charge is 2.31. The standard InChI is InChI=1S/C15H20N2O3/c1-9-11(3-4-12-13(9)8-20-15(12)19)14-6-16-5-10(7-18)17(14)2/h3-4,10,14,16,18H,5-8H2,1-2H3/t10-,14+/m1/s1. The number of cyclic esters (lactones) is 1. The maximum atomic E-state index is 11.6. The quantitative estimate of drug-likeness (QED) is 0.775. The maximum Gasteiger partial charge on any atom is 0.338 e. The van der Waals surface area contributed by atoms with E-state index in [2.05, 4.69) is 10.2 Å². The third kappa shape index (κ3) is 2.02. The fourth-order valence-corrected chi connectivity index (χ4v) is 3.18. The van der Waals surface area contributed by atoms with Crippen molar-refractivity contribution in [1.29, 1.82) is 0 Å². The predicted octanol–water partition coefficient (Wildman–Crippen LogP) is 0.602. The molecule has 0 aromatic heterocycles. The summed E-state index contributed by atoms with van der Waals surface area (Å²) in [4.78, 5) is 13.8. The van der Waals surface area contributed by atoms with Gasteiger partial charge in [-0.15, -0.1) is 0 Å². The number of hydrogen-bond donors (Lipinski definition) is 2. The lowest BCUT2D eigenvalue weighted by molar-refractivity contribution is 0.0534. The van der Waals surface area contributed by atoms with Crippen LogP contribution in [-0.4, -0.2) is 48.8 Å². The average Bonchev–Trinajstić information content (AvgIpc) is 2.83. The first-order valence-electron chi connectivity index (χ1n) is 6.96. The smallest absolute Gasteiger partial charge is 0.338 e. The van der Waals surface area contributed by atoms with E-state index in [1.54, 1.807) is 0 Å². The fourth-order valence-electron chi connectivity index (χ4n) is 3.18. The van der Waals surface area contributed by atoms with Crippen molar-refractivity contribution in [2.24, 2.45) is 0 Å². The van der Waals surface area contributed by atoms with Gasteiger partial charge in [-0.1, -0.05) is 6.07 Å². The van der Waals surface area contributed by atoms with Gasteiger partial charge in [-0.3, -0.25) is 4.90 Å². The Morgan fingerprint density at radius 1 is 1.45 bits per heavy atom. The molecule has 20 heavy (non-hydrogen) atoms. The molecule has 0 spiro atoms. The Morgan fingerprint density at radius 2 is 2.25 bits per heavy atom. The van der Waals surface area contributed by atoms with Crippen LogP contribution in [0.3, 0.4) is 0 Å². The molecular formula is C15H20N2O3. The molecule has 2 atom stereocenters. The SMILES string of the molecule is Cc1c([C@@H]2CNC[C@H](CO)N2C)ccc2c1COC2=O. The molecule has 2 heterocycles. The summed E-state index contributed by atoms with van der Waals surface area (Å²) in [6.45, 7) is 4.22. The van der Waals surface area contributed by atoms with Gasteiger partial charge in [-0.05, 0) is 31.2 Å². The van der Waals surface area contributed by atoms with Gasteiger partial charge in [0.1, 0.15) is 6.61 Å². The number of likely N-dealkylation sites (N-methyl/N-ethyl adjacent to an activating group) is 1. The summed E-state index contributed by atoms with van der Waals surface area (Å²) in [7, 11) is 2.04. The number of nitrogens with one attached hydrogen (secondary N) is 1. The molecule has 5 nitrogen and oxygen atoms in total. The highest BCUT2D eigenvalue weighted by molar-refractivity contribution is 5.93. The second-order valence-corrected chi connectivity index (χ2v) is 5.56. The molecule has 1 saturated heterocycles. The van der Waals surface area contributed by atoms with E-state index < -0.39 is 0 Å². The first-order valence-corrected chi connectivity index (χ1v) is 6.96. The number of ether oxygens (including phenoxy) is 1. The van der Waals surface area contributed by atoms with Crippen LogP contribution in [0, 0.1) is 6.92 Å². The van der Waals surface area contributed by atoms with Crippen LogP contribution in [0.5, 0.6) is 0 Å². The van der Waals surface area contributed by atoms with Crippen LogP contribution < -0.4 is 5.32 Å². The van der Waals surface area contributed by atoms with Crippen LogP contribution in [0.4, 0.5) is 0 Å². The fraction of sp³-hybridized carbons (Fsp3) is 0.533. The lowest BCUT2D eigenvalue weighted by atomic mass is 9.92. The summed E-state index contributed by atoms with van der Waals surface area (Å²) in [6.07, 6.45) is 0.